The van der Waals surface area contributed by atoms with Crippen LogP contribution in [-0.2, 0) is 9.59 Å². The highest BCUT2D eigenvalue weighted by Gasteiger charge is 2.39. The van der Waals surface area contributed by atoms with Gasteiger partial charge >= 0.3 is 0 Å². The van der Waals surface area contributed by atoms with Gasteiger partial charge in [0.2, 0.25) is 5.91 Å². The van der Waals surface area contributed by atoms with Crippen LogP contribution in [0.15, 0.2) is 18.2 Å². The predicted molar refractivity (Wildman–Crippen MR) is 84.8 cm³/mol. The molecule has 0 saturated heterocycles. The maximum Gasteiger partial charge on any atom is 0.258 e. The van der Waals surface area contributed by atoms with E-state index in [1.54, 1.807) is 18.2 Å². The number of benzene rings is 1. The van der Waals surface area contributed by atoms with Crippen LogP contribution in [0.25, 0.3) is 0 Å². The van der Waals surface area contributed by atoms with Gasteiger partial charge in [0.25, 0.3) is 5.91 Å². The lowest BCUT2D eigenvalue weighted by Gasteiger charge is -2.35. The number of aryl methyl sites for hydroxylation is 1. The van der Waals surface area contributed by atoms with Gasteiger partial charge in [0.15, 0.2) is 6.61 Å². The van der Waals surface area contributed by atoms with Crippen molar-refractivity contribution in [2.24, 2.45) is 5.73 Å². The van der Waals surface area contributed by atoms with Crippen molar-refractivity contribution in [3.63, 3.8) is 0 Å². The molecular formula is C16H21ClN2O3. The fraction of sp³-hybridized carbons (Fsp3) is 0.500. The van der Waals surface area contributed by atoms with E-state index in [0.29, 0.717) is 23.6 Å². The molecule has 0 spiro atoms. The van der Waals surface area contributed by atoms with E-state index in [1.807, 2.05) is 6.92 Å². The molecule has 3 N–H and O–H groups in total. The molecule has 1 aliphatic carbocycles. The number of hydrogen-bond acceptors (Lipinski definition) is 3. The molecule has 0 unspecified atom stereocenters. The van der Waals surface area contributed by atoms with Gasteiger partial charge in [0.1, 0.15) is 11.3 Å². The van der Waals surface area contributed by atoms with E-state index in [4.69, 9.17) is 22.1 Å². The summed E-state index contributed by atoms with van der Waals surface area (Å²) in [6.45, 7) is 1.70. The van der Waals surface area contributed by atoms with Crippen LogP contribution in [0.3, 0.4) is 0 Å². The highest BCUT2D eigenvalue weighted by Crippen LogP contribution is 2.28. The summed E-state index contributed by atoms with van der Waals surface area (Å²) in [6, 6.07) is 5.18. The molecule has 2 rings (SSSR count). The Balaban J connectivity index is 1.95. The van der Waals surface area contributed by atoms with Crippen molar-refractivity contribution >= 4 is 23.4 Å². The molecule has 0 atom stereocenters. The second kappa shape index (κ2) is 7.01. The Labute approximate surface area is 135 Å². The van der Waals surface area contributed by atoms with Crippen LogP contribution < -0.4 is 15.8 Å². The Morgan fingerprint density at radius 2 is 2.00 bits per heavy atom. The third-order valence-corrected chi connectivity index (χ3v) is 4.29. The molecule has 0 aromatic heterocycles. The van der Waals surface area contributed by atoms with Crippen LogP contribution in [0.2, 0.25) is 5.02 Å². The van der Waals surface area contributed by atoms with E-state index in [9.17, 15) is 9.59 Å². The smallest absolute Gasteiger partial charge is 0.258 e. The van der Waals surface area contributed by atoms with Crippen LogP contribution in [0, 0.1) is 6.92 Å². The largest absolute Gasteiger partial charge is 0.484 e. The highest BCUT2D eigenvalue weighted by atomic mass is 35.5. The van der Waals surface area contributed by atoms with Crippen LogP contribution in [-0.4, -0.2) is 24.0 Å². The number of carbonyl (C=O) groups is 2. The van der Waals surface area contributed by atoms with Gasteiger partial charge < -0.3 is 15.8 Å². The Bertz CT molecular complexity index is 569. The fourth-order valence-electron chi connectivity index (χ4n) is 2.81. The van der Waals surface area contributed by atoms with Crippen molar-refractivity contribution in [2.45, 2.75) is 44.6 Å². The minimum Gasteiger partial charge on any atom is -0.484 e. The van der Waals surface area contributed by atoms with Gasteiger partial charge in [0, 0.05) is 5.02 Å². The normalized spacial score (nSPS) is 16.8. The number of nitrogens with two attached hydrogens (primary N) is 1. The quantitative estimate of drug-likeness (QED) is 0.872. The molecule has 1 aromatic rings. The van der Waals surface area contributed by atoms with Gasteiger partial charge in [-0.3, -0.25) is 9.59 Å². The number of amides is 2. The fourth-order valence-corrected chi connectivity index (χ4v) is 3.04. The van der Waals surface area contributed by atoms with Crippen molar-refractivity contribution < 1.29 is 14.3 Å². The first-order valence-electron chi connectivity index (χ1n) is 7.43. The SMILES string of the molecule is Cc1cc(Cl)ccc1OCC(=O)NC1(C(N)=O)CCCCC1. The summed E-state index contributed by atoms with van der Waals surface area (Å²) in [5.41, 5.74) is 5.42. The number of halogens is 1. The van der Waals surface area contributed by atoms with Crippen molar-refractivity contribution in [1.82, 2.24) is 5.32 Å². The molecule has 1 aliphatic rings. The van der Waals surface area contributed by atoms with E-state index >= 15 is 0 Å². The zero-order valence-corrected chi connectivity index (χ0v) is 13.4. The monoisotopic (exact) mass is 324 g/mol. The van der Waals surface area contributed by atoms with Crippen LogP contribution >= 0.6 is 11.6 Å². The standard InChI is InChI=1S/C16H21ClN2O3/c1-11-9-12(17)5-6-13(11)22-10-14(20)19-16(15(18)21)7-3-2-4-8-16/h5-6,9H,2-4,7-8,10H2,1H3,(H2,18,21)(H,19,20). The molecule has 1 fully saturated rings. The minimum absolute atomic E-state index is 0.155. The minimum atomic E-state index is -0.923. The van der Waals surface area contributed by atoms with Gasteiger partial charge in [-0.1, -0.05) is 30.9 Å². The zero-order chi connectivity index (χ0) is 16.2. The molecule has 6 heteroatoms. The topological polar surface area (TPSA) is 81.4 Å². The van der Waals surface area contributed by atoms with E-state index < -0.39 is 11.4 Å². The molecule has 0 heterocycles. The first-order chi connectivity index (χ1) is 10.4. The summed E-state index contributed by atoms with van der Waals surface area (Å²) < 4.78 is 5.50. The third-order valence-electron chi connectivity index (χ3n) is 4.05. The number of nitrogens with one attached hydrogen (secondary N) is 1. The Kier molecular flexibility index (Phi) is 5.29. The molecule has 0 bridgehead atoms. The molecule has 1 saturated carbocycles. The van der Waals surface area contributed by atoms with E-state index in [-0.39, 0.29) is 12.5 Å². The van der Waals surface area contributed by atoms with Crippen molar-refractivity contribution in [3.05, 3.63) is 28.8 Å². The molecule has 0 radical (unpaired) electrons. The first-order valence-corrected chi connectivity index (χ1v) is 7.81. The average molecular weight is 325 g/mol. The summed E-state index contributed by atoms with van der Waals surface area (Å²) in [4.78, 5) is 23.8. The summed E-state index contributed by atoms with van der Waals surface area (Å²) in [7, 11) is 0. The van der Waals surface area contributed by atoms with Crippen molar-refractivity contribution in [3.8, 4) is 5.75 Å². The average Bonchev–Trinajstić information content (AvgIpc) is 2.47. The number of carbonyl (C=O) groups excluding carboxylic acids is 2. The third kappa shape index (κ3) is 3.91. The zero-order valence-electron chi connectivity index (χ0n) is 12.7. The van der Waals surface area contributed by atoms with Gasteiger partial charge in [-0.25, -0.2) is 0 Å². The van der Waals surface area contributed by atoms with Gasteiger partial charge in [-0.15, -0.1) is 0 Å². The lowest BCUT2D eigenvalue weighted by molar-refractivity contribution is -0.133. The molecule has 5 nitrogen and oxygen atoms in total. The van der Waals surface area contributed by atoms with Crippen LogP contribution in [0.4, 0.5) is 0 Å². The molecule has 0 aliphatic heterocycles. The summed E-state index contributed by atoms with van der Waals surface area (Å²) in [5, 5.41) is 3.38. The second-order valence-corrected chi connectivity index (χ2v) is 6.19. The number of hydrogen-bond donors (Lipinski definition) is 2. The van der Waals surface area contributed by atoms with Crippen LogP contribution in [0.1, 0.15) is 37.7 Å². The van der Waals surface area contributed by atoms with Crippen molar-refractivity contribution in [1.29, 1.82) is 0 Å². The Hall–Kier alpha value is -1.75. The van der Waals surface area contributed by atoms with Crippen molar-refractivity contribution in [2.75, 3.05) is 6.61 Å². The molecular weight excluding hydrogens is 304 g/mol. The maximum absolute atomic E-state index is 12.1. The maximum atomic E-state index is 12.1. The number of rotatable bonds is 5. The lowest BCUT2D eigenvalue weighted by Crippen LogP contribution is -2.59. The Morgan fingerprint density at radius 1 is 1.32 bits per heavy atom. The number of ether oxygens (including phenoxy) is 1. The highest BCUT2D eigenvalue weighted by molar-refractivity contribution is 6.30. The van der Waals surface area contributed by atoms with E-state index in [0.717, 1.165) is 24.8 Å². The van der Waals surface area contributed by atoms with E-state index in [2.05, 4.69) is 5.32 Å². The summed E-state index contributed by atoms with van der Waals surface area (Å²) in [6.07, 6.45) is 4.02. The summed E-state index contributed by atoms with van der Waals surface area (Å²) in [5.74, 6) is -0.213. The summed E-state index contributed by atoms with van der Waals surface area (Å²) >= 11 is 5.88. The predicted octanol–water partition coefficient (Wildman–Crippen LogP) is 2.33. The lowest BCUT2D eigenvalue weighted by atomic mass is 9.81. The molecule has 2 amide bonds. The molecule has 1 aromatic carbocycles. The second-order valence-electron chi connectivity index (χ2n) is 5.75. The Morgan fingerprint density at radius 3 is 2.59 bits per heavy atom. The van der Waals surface area contributed by atoms with Gasteiger partial charge in [-0.2, -0.15) is 0 Å². The molecule has 22 heavy (non-hydrogen) atoms. The van der Waals surface area contributed by atoms with Gasteiger partial charge in [-0.05, 0) is 43.5 Å². The van der Waals surface area contributed by atoms with E-state index in [1.165, 1.54) is 0 Å². The first kappa shape index (κ1) is 16.6. The van der Waals surface area contributed by atoms with Gasteiger partial charge in [0.05, 0.1) is 0 Å². The molecule has 120 valence electrons. The van der Waals surface area contributed by atoms with Crippen LogP contribution in [0.5, 0.6) is 5.75 Å². The number of primary amides is 1.